The van der Waals surface area contributed by atoms with Gasteiger partial charge in [0.1, 0.15) is 11.6 Å². The number of carbonyl (C=O) groups is 4. The minimum Gasteiger partial charge on any atom is -0.289 e. The van der Waals surface area contributed by atoms with Gasteiger partial charge in [-0.05, 0) is 47.5 Å². The van der Waals surface area contributed by atoms with Crippen molar-refractivity contribution in [1.29, 1.82) is 0 Å². The zero-order valence-corrected chi connectivity index (χ0v) is 19.6. The molecule has 4 aromatic carbocycles. The molecule has 0 heterocycles. The normalized spacial score (nSPS) is 15.1. The van der Waals surface area contributed by atoms with E-state index in [-0.39, 0.29) is 44.5 Å². The van der Waals surface area contributed by atoms with Gasteiger partial charge in [-0.3, -0.25) is 19.2 Å². The van der Waals surface area contributed by atoms with Crippen LogP contribution in [0.1, 0.15) is 52.6 Å². The van der Waals surface area contributed by atoms with E-state index >= 15 is 0 Å². The van der Waals surface area contributed by atoms with Gasteiger partial charge in [0.25, 0.3) is 0 Å². The van der Waals surface area contributed by atoms with Crippen LogP contribution in [-0.4, -0.2) is 23.1 Å². The third-order valence-corrected chi connectivity index (χ3v) is 6.72. The maximum absolute atomic E-state index is 14.3. The molecule has 0 unspecified atom stereocenters. The Labute approximate surface area is 215 Å². The Morgan fingerprint density at radius 3 is 1.08 bits per heavy atom. The van der Waals surface area contributed by atoms with E-state index in [0.717, 1.165) is 24.3 Å². The first-order valence-corrected chi connectivity index (χ1v) is 11.7. The van der Waals surface area contributed by atoms with Crippen molar-refractivity contribution in [2.75, 3.05) is 0 Å². The van der Waals surface area contributed by atoms with Gasteiger partial charge in [-0.2, -0.15) is 0 Å². The molecule has 0 fully saturated rings. The monoisotopic (exact) mass is 502 g/mol. The minimum atomic E-state index is -0.776. The highest BCUT2D eigenvalue weighted by Gasteiger charge is 2.42. The van der Waals surface area contributed by atoms with Crippen molar-refractivity contribution >= 4 is 34.3 Å². The van der Waals surface area contributed by atoms with Gasteiger partial charge in [0.2, 0.25) is 0 Å². The lowest BCUT2D eigenvalue weighted by atomic mass is 9.72. The van der Waals surface area contributed by atoms with Gasteiger partial charge in [-0.15, -0.1) is 0 Å². The average molecular weight is 502 g/mol. The Balaban J connectivity index is 1.76. The number of benzene rings is 4. The second kappa shape index (κ2) is 8.78. The van der Waals surface area contributed by atoms with Crippen LogP contribution in [0.2, 0.25) is 0 Å². The molecule has 0 radical (unpaired) electrons. The van der Waals surface area contributed by atoms with E-state index < -0.39 is 34.8 Å². The molecule has 2 aliphatic carbocycles. The van der Waals surface area contributed by atoms with Gasteiger partial charge in [-0.1, -0.05) is 60.7 Å². The first-order chi connectivity index (χ1) is 18.4. The van der Waals surface area contributed by atoms with E-state index in [1.807, 2.05) is 0 Å². The van der Waals surface area contributed by atoms with Gasteiger partial charge < -0.3 is 0 Å². The quantitative estimate of drug-likeness (QED) is 0.328. The standard InChI is InChI=1S/C32H16F2O4/c33-19-11-13-21-23(15-19)31(37)27(25(29(21)35)17-7-3-1-4-8-17)28-26(18-9-5-2-6-10-18)30(36)22-14-12-20(34)16-24(22)32(28)38/h1-16H. The number of Topliss-reactive ketones (excluding diaryl/α,β-unsaturated/α-hetero) is 4. The Bertz CT molecular complexity index is 1650. The van der Waals surface area contributed by atoms with Crippen LogP contribution in [0, 0.1) is 11.6 Å². The molecule has 0 N–H and O–H groups in total. The summed E-state index contributed by atoms with van der Waals surface area (Å²) < 4.78 is 28.5. The number of rotatable bonds is 3. The summed E-state index contributed by atoms with van der Waals surface area (Å²) in [6, 6.07) is 23.1. The smallest absolute Gasteiger partial charge is 0.195 e. The van der Waals surface area contributed by atoms with E-state index in [0.29, 0.717) is 11.1 Å². The molecule has 0 aromatic heterocycles. The molecule has 0 saturated heterocycles. The van der Waals surface area contributed by atoms with Gasteiger partial charge in [0, 0.05) is 44.5 Å². The average Bonchev–Trinajstić information content (AvgIpc) is 2.93. The summed E-state index contributed by atoms with van der Waals surface area (Å²) in [7, 11) is 0. The van der Waals surface area contributed by atoms with Crippen LogP contribution in [0.4, 0.5) is 8.78 Å². The van der Waals surface area contributed by atoms with Crippen molar-refractivity contribution in [2.24, 2.45) is 0 Å². The fraction of sp³-hybridized carbons (Fsp3) is 0. The summed E-state index contributed by atoms with van der Waals surface area (Å²) in [5, 5.41) is 0. The topological polar surface area (TPSA) is 68.3 Å². The molecule has 4 aromatic rings. The maximum atomic E-state index is 14.3. The molecular weight excluding hydrogens is 486 g/mol. The molecule has 0 bridgehead atoms. The molecule has 2 aliphatic rings. The number of carbonyl (C=O) groups excluding carboxylic acids is 4. The van der Waals surface area contributed by atoms with Crippen LogP contribution in [-0.2, 0) is 0 Å². The van der Waals surface area contributed by atoms with Crippen LogP contribution in [0.25, 0.3) is 11.1 Å². The summed E-state index contributed by atoms with van der Waals surface area (Å²) in [6.07, 6.45) is 0. The minimum absolute atomic E-state index is 0.0121. The second-order valence-electron chi connectivity index (χ2n) is 8.93. The van der Waals surface area contributed by atoms with Crippen LogP contribution in [0.3, 0.4) is 0 Å². The summed E-state index contributed by atoms with van der Waals surface area (Å²) >= 11 is 0. The lowest BCUT2D eigenvalue weighted by Crippen LogP contribution is -2.29. The molecule has 0 atom stereocenters. The van der Waals surface area contributed by atoms with Crippen LogP contribution < -0.4 is 0 Å². The summed E-state index contributed by atoms with van der Waals surface area (Å²) in [5.41, 5.74) is -0.549. The number of halogens is 2. The number of hydrogen-bond donors (Lipinski definition) is 0. The van der Waals surface area contributed by atoms with Gasteiger partial charge in [0.15, 0.2) is 23.1 Å². The van der Waals surface area contributed by atoms with Gasteiger partial charge in [0.05, 0.1) is 0 Å². The van der Waals surface area contributed by atoms with Crippen molar-refractivity contribution < 1.29 is 28.0 Å². The molecule has 0 aliphatic heterocycles. The highest BCUT2D eigenvalue weighted by molar-refractivity contribution is 6.49. The first kappa shape index (κ1) is 23.3. The molecule has 38 heavy (non-hydrogen) atoms. The molecule has 6 heteroatoms. The largest absolute Gasteiger partial charge is 0.289 e. The summed E-state index contributed by atoms with van der Waals surface area (Å²) in [4.78, 5) is 55.8. The second-order valence-corrected chi connectivity index (χ2v) is 8.93. The highest BCUT2D eigenvalue weighted by atomic mass is 19.1. The third kappa shape index (κ3) is 3.50. The lowest BCUT2D eigenvalue weighted by molar-refractivity contribution is 0.0969. The van der Waals surface area contributed by atoms with E-state index in [2.05, 4.69) is 0 Å². The Morgan fingerprint density at radius 2 is 0.711 bits per heavy atom. The Hall–Kier alpha value is -5.10. The van der Waals surface area contributed by atoms with Gasteiger partial charge in [-0.25, -0.2) is 8.78 Å². The van der Waals surface area contributed by atoms with E-state index in [9.17, 15) is 28.0 Å². The molecule has 0 saturated carbocycles. The predicted molar refractivity (Wildman–Crippen MR) is 137 cm³/mol. The van der Waals surface area contributed by atoms with Crippen molar-refractivity contribution in [2.45, 2.75) is 0 Å². The summed E-state index contributed by atoms with van der Waals surface area (Å²) in [6.45, 7) is 0. The van der Waals surface area contributed by atoms with Crippen LogP contribution >= 0.6 is 0 Å². The predicted octanol–water partition coefficient (Wildman–Crippen LogP) is 6.33. The van der Waals surface area contributed by atoms with Crippen LogP contribution in [0.15, 0.2) is 108 Å². The number of fused-ring (bicyclic) bond motifs is 2. The number of allylic oxidation sites excluding steroid dienone is 4. The molecule has 0 spiro atoms. The van der Waals surface area contributed by atoms with Crippen molar-refractivity contribution in [3.05, 3.63) is 153 Å². The van der Waals surface area contributed by atoms with Crippen LogP contribution in [0.5, 0.6) is 0 Å². The van der Waals surface area contributed by atoms with Gasteiger partial charge >= 0.3 is 0 Å². The van der Waals surface area contributed by atoms with E-state index in [4.69, 9.17) is 0 Å². The van der Waals surface area contributed by atoms with Crippen molar-refractivity contribution in [3.8, 4) is 0 Å². The first-order valence-electron chi connectivity index (χ1n) is 11.7. The molecule has 4 nitrogen and oxygen atoms in total. The SMILES string of the molecule is O=C1C(C2=C(c3ccccc3)C(=O)c3ccc(F)cc3C2=O)=C(c2ccccc2)C(=O)c2ccc(F)cc21. The van der Waals surface area contributed by atoms with Crippen molar-refractivity contribution in [1.82, 2.24) is 0 Å². The zero-order valence-electron chi connectivity index (χ0n) is 19.6. The number of ketones is 4. The van der Waals surface area contributed by atoms with E-state index in [1.54, 1.807) is 60.7 Å². The molecule has 0 amide bonds. The maximum Gasteiger partial charge on any atom is 0.195 e. The fourth-order valence-corrected chi connectivity index (χ4v) is 5.04. The zero-order chi connectivity index (χ0) is 26.6. The fourth-order valence-electron chi connectivity index (χ4n) is 5.04. The Morgan fingerprint density at radius 1 is 0.368 bits per heavy atom. The molecular formula is C32H16F2O4. The Kier molecular flexibility index (Phi) is 5.39. The highest BCUT2D eigenvalue weighted by Crippen LogP contribution is 2.43. The molecule has 182 valence electrons. The number of hydrogen-bond acceptors (Lipinski definition) is 4. The van der Waals surface area contributed by atoms with Crippen molar-refractivity contribution in [3.63, 3.8) is 0 Å². The third-order valence-electron chi connectivity index (χ3n) is 6.72. The van der Waals surface area contributed by atoms with E-state index in [1.165, 1.54) is 12.1 Å². The summed E-state index contributed by atoms with van der Waals surface area (Å²) in [5.74, 6) is -4.20. The molecule has 6 rings (SSSR count). The lowest BCUT2D eigenvalue weighted by Gasteiger charge is -2.27.